The first kappa shape index (κ1) is 34.0. The van der Waals surface area contributed by atoms with Crippen LogP contribution in [0.3, 0.4) is 0 Å². The zero-order valence-corrected chi connectivity index (χ0v) is 27.5. The average Bonchev–Trinajstić information content (AvgIpc) is 2.91. The fourth-order valence-electron chi connectivity index (χ4n) is 4.23. The average molecular weight is 673 g/mol. The first-order chi connectivity index (χ1) is 19.7. The van der Waals surface area contributed by atoms with Crippen LogP contribution in [0.1, 0.15) is 38.3 Å². The number of benzene rings is 3. The van der Waals surface area contributed by atoms with E-state index in [2.05, 4.69) is 5.32 Å². The second kappa shape index (κ2) is 14.8. The van der Waals surface area contributed by atoms with Crippen molar-refractivity contribution in [1.29, 1.82) is 0 Å². The molecule has 226 valence electrons. The molecule has 0 aliphatic rings. The first-order valence-corrected chi connectivity index (χ1v) is 16.2. The van der Waals surface area contributed by atoms with E-state index in [1.54, 1.807) is 37.3 Å². The highest BCUT2D eigenvalue weighted by Crippen LogP contribution is 2.31. The minimum Gasteiger partial charge on any atom is -0.354 e. The number of carbonyl (C=O) groups is 2. The molecule has 0 bridgehead atoms. The Morgan fingerprint density at radius 2 is 1.50 bits per heavy atom. The molecule has 0 radical (unpaired) electrons. The van der Waals surface area contributed by atoms with Gasteiger partial charge in [-0.25, -0.2) is 8.42 Å². The third kappa shape index (κ3) is 8.77. The predicted octanol–water partition coefficient (Wildman–Crippen LogP) is 7.38. The number of aryl methyl sites for hydroxylation is 1. The lowest BCUT2D eigenvalue weighted by Gasteiger charge is -2.33. The van der Waals surface area contributed by atoms with Gasteiger partial charge in [0.15, 0.2) is 0 Å². The lowest BCUT2D eigenvalue weighted by atomic mass is 10.1. The predicted molar refractivity (Wildman–Crippen MR) is 171 cm³/mol. The van der Waals surface area contributed by atoms with E-state index in [4.69, 9.17) is 46.4 Å². The summed E-state index contributed by atoms with van der Waals surface area (Å²) in [6.07, 6.45) is 0.282. The van der Waals surface area contributed by atoms with Crippen molar-refractivity contribution < 1.29 is 18.0 Å². The van der Waals surface area contributed by atoms with Gasteiger partial charge in [-0.05, 0) is 67.3 Å². The van der Waals surface area contributed by atoms with Crippen LogP contribution in [0.5, 0.6) is 0 Å². The number of nitrogens with zero attached hydrogens (tertiary/aromatic N) is 2. The highest BCUT2D eigenvalue weighted by atomic mass is 35.5. The summed E-state index contributed by atoms with van der Waals surface area (Å²) in [5, 5.41) is 3.91. The summed E-state index contributed by atoms with van der Waals surface area (Å²) in [6, 6.07) is 14.6. The fraction of sp³-hybridized carbons (Fsp3) is 0.333. The van der Waals surface area contributed by atoms with Gasteiger partial charge in [0.25, 0.3) is 10.0 Å². The summed E-state index contributed by atoms with van der Waals surface area (Å²) in [5.74, 6) is -0.772. The third-order valence-electron chi connectivity index (χ3n) is 6.43. The number of hydrogen-bond donors (Lipinski definition) is 1. The number of anilines is 1. The third-order valence-corrected chi connectivity index (χ3v) is 9.39. The van der Waals surface area contributed by atoms with Gasteiger partial charge in [0.1, 0.15) is 12.6 Å². The SMILES string of the molecule is CC[C@@H](C(=O)NCC(C)C)N(Cc1ccc(Cl)c(Cl)c1)C(=O)CN(c1cc(Cl)cc(Cl)c1)S(=O)(=O)c1ccc(C)cc1. The molecule has 2 amide bonds. The quantitative estimate of drug-likeness (QED) is 0.218. The summed E-state index contributed by atoms with van der Waals surface area (Å²) < 4.78 is 28.9. The normalized spacial score (nSPS) is 12.2. The zero-order valence-electron chi connectivity index (χ0n) is 23.7. The van der Waals surface area contributed by atoms with E-state index in [9.17, 15) is 18.0 Å². The van der Waals surface area contributed by atoms with Gasteiger partial charge >= 0.3 is 0 Å². The Hall–Kier alpha value is -2.49. The molecule has 7 nitrogen and oxygen atoms in total. The van der Waals surface area contributed by atoms with Crippen molar-refractivity contribution in [2.24, 2.45) is 5.92 Å². The zero-order chi connectivity index (χ0) is 31.2. The van der Waals surface area contributed by atoms with Crippen LogP contribution in [-0.2, 0) is 26.2 Å². The van der Waals surface area contributed by atoms with E-state index in [1.165, 1.54) is 35.2 Å². The van der Waals surface area contributed by atoms with Gasteiger partial charge in [-0.2, -0.15) is 0 Å². The number of amides is 2. The summed E-state index contributed by atoms with van der Waals surface area (Å²) >= 11 is 24.8. The van der Waals surface area contributed by atoms with Gasteiger partial charge < -0.3 is 10.2 Å². The maximum Gasteiger partial charge on any atom is 0.264 e. The molecule has 0 heterocycles. The van der Waals surface area contributed by atoms with E-state index >= 15 is 0 Å². The molecule has 1 N–H and O–H groups in total. The fourth-order valence-corrected chi connectivity index (χ4v) is 6.46. The van der Waals surface area contributed by atoms with Gasteiger partial charge in [0, 0.05) is 23.1 Å². The van der Waals surface area contributed by atoms with Crippen LogP contribution in [0.4, 0.5) is 5.69 Å². The number of carbonyl (C=O) groups excluding carboxylic acids is 2. The minimum atomic E-state index is -4.26. The van der Waals surface area contributed by atoms with Crippen molar-refractivity contribution in [2.75, 3.05) is 17.4 Å². The lowest BCUT2D eigenvalue weighted by molar-refractivity contribution is -0.140. The smallest absolute Gasteiger partial charge is 0.264 e. The number of hydrogen-bond acceptors (Lipinski definition) is 4. The van der Waals surface area contributed by atoms with Crippen LogP contribution in [0.15, 0.2) is 65.6 Å². The number of sulfonamides is 1. The summed E-state index contributed by atoms with van der Waals surface area (Å²) in [6.45, 7) is 7.32. The minimum absolute atomic E-state index is 0.0158. The van der Waals surface area contributed by atoms with Crippen LogP contribution in [-0.4, -0.2) is 44.3 Å². The first-order valence-electron chi connectivity index (χ1n) is 13.3. The van der Waals surface area contributed by atoms with Gasteiger partial charge in [-0.3, -0.25) is 13.9 Å². The van der Waals surface area contributed by atoms with Gasteiger partial charge in [-0.15, -0.1) is 0 Å². The van der Waals surface area contributed by atoms with Crippen LogP contribution in [0, 0.1) is 12.8 Å². The summed E-state index contributed by atoms with van der Waals surface area (Å²) in [4.78, 5) is 28.8. The van der Waals surface area contributed by atoms with Gasteiger partial charge in [0.05, 0.1) is 20.6 Å². The topological polar surface area (TPSA) is 86.8 Å². The molecule has 0 fully saturated rings. The van der Waals surface area contributed by atoms with E-state index < -0.39 is 28.5 Å². The Morgan fingerprint density at radius 1 is 0.881 bits per heavy atom. The summed E-state index contributed by atoms with van der Waals surface area (Å²) in [7, 11) is -4.26. The van der Waals surface area contributed by atoms with E-state index in [1.807, 2.05) is 20.8 Å². The molecule has 0 aromatic heterocycles. The molecule has 0 aliphatic carbocycles. The lowest BCUT2D eigenvalue weighted by Crippen LogP contribution is -2.52. The van der Waals surface area contributed by atoms with Crippen molar-refractivity contribution in [3.63, 3.8) is 0 Å². The van der Waals surface area contributed by atoms with Crippen LogP contribution in [0.25, 0.3) is 0 Å². The Kier molecular flexibility index (Phi) is 12.0. The maximum absolute atomic E-state index is 14.1. The molecular formula is C30H33Cl4N3O4S. The molecule has 3 aromatic carbocycles. The van der Waals surface area contributed by atoms with E-state index in [-0.39, 0.29) is 50.4 Å². The van der Waals surface area contributed by atoms with Crippen LogP contribution in [0.2, 0.25) is 20.1 Å². The van der Waals surface area contributed by atoms with Gasteiger partial charge in [0.2, 0.25) is 11.8 Å². The molecule has 3 rings (SSSR count). The van der Waals surface area contributed by atoms with Gasteiger partial charge in [-0.1, -0.05) is 90.9 Å². The van der Waals surface area contributed by atoms with Crippen molar-refractivity contribution in [3.05, 3.63) is 91.9 Å². The molecule has 0 saturated carbocycles. The molecule has 42 heavy (non-hydrogen) atoms. The number of halogens is 4. The molecule has 0 unspecified atom stereocenters. The molecule has 1 atom stereocenters. The standard InChI is InChI=1S/C30H33Cl4N3O4S/c1-5-28(30(39)35-16-19(2)3)36(17-21-8-11-26(33)27(34)12-21)29(38)18-37(24-14-22(31)13-23(32)15-24)42(40,41)25-9-6-20(4)7-10-25/h6-15,19,28H,5,16-18H2,1-4H3,(H,35,39)/t28-/m0/s1. The largest absolute Gasteiger partial charge is 0.354 e. The van der Waals surface area contributed by atoms with Crippen molar-refractivity contribution in [2.45, 2.75) is 51.6 Å². The molecule has 0 spiro atoms. The Morgan fingerprint density at radius 3 is 2.05 bits per heavy atom. The maximum atomic E-state index is 14.1. The van der Waals surface area contributed by atoms with E-state index in [0.717, 1.165) is 9.87 Å². The molecule has 0 saturated heterocycles. The Balaban J connectivity index is 2.09. The molecular weight excluding hydrogens is 640 g/mol. The summed E-state index contributed by atoms with van der Waals surface area (Å²) in [5.41, 5.74) is 1.59. The van der Waals surface area contributed by atoms with Crippen molar-refractivity contribution in [1.82, 2.24) is 10.2 Å². The monoisotopic (exact) mass is 671 g/mol. The second-order valence-corrected chi connectivity index (χ2v) is 13.8. The molecule has 0 aliphatic heterocycles. The highest BCUT2D eigenvalue weighted by molar-refractivity contribution is 7.92. The highest BCUT2D eigenvalue weighted by Gasteiger charge is 2.34. The molecule has 3 aromatic rings. The van der Waals surface area contributed by atoms with Crippen LogP contribution >= 0.6 is 46.4 Å². The Labute approximate surface area is 267 Å². The number of nitrogens with one attached hydrogen (secondary N) is 1. The molecule has 12 heteroatoms. The Bertz CT molecular complexity index is 1510. The van der Waals surface area contributed by atoms with Crippen molar-refractivity contribution in [3.8, 4) is 0 Å². The number of rotatable bonds is 12. The van der Waals surface area contributed by atoms with Crippen LogP contribution < -0.4 is 9.62 Å². The second-order valence-electron chi connectivity index (χ2n) is 10.3. The van der Waals surface area contributed by atoms with Crippen molar-refractivity contribution >= 4 is 73.9 Å². The van der Waals surface area contributed by atoms with E-state index in [0.29, 0.717) is 17.1 Å².